The maximum absolute atomic E-state index is 12.5. The van der Waals surface area contributed by atoms with Crippen LogP contribution < -0.4 is 5.32 Å². The first kappa shape index (κ1) is 21.8. The number of thioether (sulfide) groups is 1. The molecule has 0 aliphatic carbocycles. The van der Waals surface area contributed by atoms with Crippen LogP contribution in [0.1, 0.15) is 23.6 Å². The van der Waals surface area contributed by atoms with Crippen LogP contribution in [0, 0.1) is 6.92 Å². The highest BCUT2D eigenvalue weighted by Gasteiger charge is 2.17. The van der Waals surface area contributed by atoms with Gasteiger partial charge in [-0.3, -0.25) is 9.36 Å². The number of benzene rings is 3. The van der Waals surface area contributed by atoms with Crippen molar-refractivity contribution in [1.29, 1.82) is 0 Å². The van der Waals surface area contributed by atoms with Gasteiger partial charge in [0.1, 0.15) is 0 Å². The maximum Gasteiger partial charge on any atom is 0.230 e. The summed E-state index contributed by atoms with van der Waals surface area (Å²) in [6, 6.07) is 26.5. The molecule has 0 atom stereocenters. The molecule has 32 heavy (non-hydrogen) atoms. The van der Waals surface area contributed by atoms with Crippen molar-refractivity contribution in [3.05, 3.63) is 95.6 Å². The first-order valence-corrected chi connectivity index (χ1v) is 11.7. The fraction of sp³-hybridized carbons (Fsp3) is 0.192. The monoisotopic (exact) mass is 442 g/mol. The molecule has 1 aromatic heterocycles. The summed E-state index contributed by atoms with van der Waals surface area (Å²) in [5, 5.41) is 12.5. The minimum atomic E-state index is -0.0345. The second kappa shape index (κ2) is 10.3. The number of carbonyl (C=O) groups is 1. The van der Waals surface area contributed by atoms with E-state index in [9.17, 15) is 4.79 Å². The van der Waals surface area contributed by atoms with E-state index >= 15 is 0 Å². The highest BCUT2D eigenvalue weighted by atomic mass is 32.2. The van der Waals surface area contributed by atoms with Gasteiger partial charge in [-0.2, -0.15) is 0 Å². The number of hydrogen-bond acceptors (Lipinski definition) is 4. The van der Waals surface area contributed by atoms with Crippen LogP contribution >= 0.6 is 11.8 Å². The lowest BCUT2D eigenvalue weighted by Gasteiger charge is -2.11. The Hall–Kier alpha value is -3.38. The molecule has 0 spiro atoms. The lowest BCUT2D eigenvalue weighted by Crippen LogP contribution is -2.24. The molecular formula is C26H26N4OS. The van der Waals surface area contributed by atoms with Crippen molar-refractivity contribution in [2.75, 3.05) is 5.75 Å². The van der Waals surface area contributed by atoms with Gasteiger partial charge in [-0.15, -0.1) is 10.2 Å². The van der Waals surface area contributed by atoms with Gasteiger partial charge in [-0.25, -0.2) is 0 Å². The number of amides is 1. The predicted octanol–water partition coefficient (Wildman–Crippen LogP) is 5.21. The largest absolute Gasteiger partial charge is 0.351 e. The third-order valence-electron chi connectivity index (χ3n) is 5.21. The molecule has 0 saturated heterocycles. The lowest BCUT2D eigenvalue weighted by atomic mass is 10.1. The molecule has 0 aliphatic heterocycles. The van der Waals surface area contributed by atoms with Crippen LogP contribution in [0.15, 0.2) is 84.0 Å². The second-order valence-electron chi connectivity index (χ2n) is 7.58. The first-order chi connectivity index (χ1) is 15.6. The van der Waals surface area contributed by atoms with Crippen molar-refractivity contribution in [3.8, 4) is 17.1 Å². The van der Waals surface area contributed by atoms with Crippen LogP contribution in [0.25, 0.3) is 17.1 Å². The van der Waals surface area contributed by atoms with Crippen molar-refractivity contribution in [3.63, 3.8) is 0 Å². The van der Waals surface area contributed by atoms with Gasteiger partial charge in [-0.1, -0.05) is 91.0 Å². The Morgan fingerprint density at radius 2 is 1.59 bits per heavy atom. The summed E-state index contributed by atoms with van der Waals surface area (Å²) in [5.74, 6) is 0.997. The molecule has 0 unspecified atom stereocenters. The molecule has 0 bridgehead atoms. The third-order valence-corrected chi connectivity index (χ3v) is 6.14. The molecular weight excluding hydrogens is 416 g/mol. The zero-order chi connectivity index (χ0) is 22.3. The average Bonchev–Trinajstić information content (AvgIpc) is 3.27. The van der Waals surface area contributed by atoms with E-state index in [4.69, 9.17) is 0 Å². The molecule has 0 fully saturated rings. The van der Waals surface area contributed by atoms with Crippen LogP contribution in [0.3, 0.4) is 0 Å². The maximum atomic E-state index is 12.5. The molecule has 0 radical (unpaired) electrons. The predicted molar refractivity (Wildman–Crippen MR) is 130 cm³/mol. The summed E-state index contributed by atoms with van der Waals surface area (Å²) in [6.45, 7) is 4.70. The summed E-state index contributed by atoms with van der Waals surface area (Å²) in [7, 11) is 0. The topological polar surface area (TPSA) is 59.8 Å². The van der Waals surface area contributed by atoms with Gasteiger partial charge < -0.3 is 5.32 Å². The molecule has 1 N–H and O–H groups in total. The smallest absolute Gasteiger partial charge is 0.230 e. The van der Waals surface area contributed by atoms with Crippen molar-refractivity contribution in [2.24, 2.45) is 0 Å². The number of aryl methyl sites for hydroxylation is 2. The van der Waals surface area contributed by atoms with Crippen LogP contribution in [0.2, 0.25) is 0 Å². The van der Waals surface area contributed by atoms with Gasteiger partial charge in [0, 0.05) is 17.8 Å². The zero-order valence-electron chi connectivity index (χ0n) is 18.3. The minimum absolute atomic E-state index is 0.0345. The normalized spacial score (nSPS) is 10.8. The van der Waals surface area contributed by atoms with Gasteiger partial charge in [-0.05, 0) is 36.6 Å². The van der Waals surface area contributed by atoms with E-state index < -0.39 is 0 Å². The molecule has 6 heteroatoms. The Morgan fingerprint density at radius 3 is 2.28 bits per heavy atom. The van der Waals surface area contributed by atoms with Crippen molar-refractivity contribution in [2.45, 2.75) is 32.0 Å². The van der Waals surface area contributed by atoms with E-state index in [1.165, 1.54) is 22.9 Å². The molecule has 1 heterocycles. The van der Waals surface area contributed by atoms with E-state index in [1.807, 2.05) is 59.2 Å². The number of nitrogens with zero attached hydrogens (tertiary/aromatic N) is 3. The summed E-state index contributed by atoms with van der Waals surface area (Å²) in [5.41, 5.74) is 5.52. The first-order valence-electron chi connectivity index (χ1n) is 10.7. The van der Waals surface area contributed by atoms with E-state index in [2.05, 4.69) is 53.6 Å². The number of carbonyl (C=O) groups excluding carboxylic acids is 1. The molecule has 0 aliphatic rings. The fourth-order valence-electron chi connectivity index (χ4n) is 3.34. The van der Waals surface area contributed by atoms with Gasteiger partial charge in [0.25, 0.3) is 0 Å². The fourth-order valence-corrected chi connectivity index (χ4v) is 4.12. The molecule has 4 rings (SSSR count). The minimum Gasteiger partial charge on any atom is -0.351 e. The standard InChI is InChI=1S/C26H26N4OS/c1-3-20-13-15-23(16-14-20)30-25(22-7-5-4-6-8-22)28-29-26(30)32-18-24(31)27-17-21-11-9-19(2)10-12-21/h4-16H,3,17-18H2,1-2H3,(H,27,31). The van der Waals surface area contributed by atoms with E-state index in [0.717, 1.165) is 29.1 Å². The molecule has 162 valence electrons. The Bertz CT molecular complexity index is 1170. The van der Waals surface area contributed by atoms with E-state index in [0.29, 0.717) is 11.7 Å². The SMILES string of the molecule is CCc1ccc(-n2c(SCC(=O)NCc3ccc(C)cc3)nnc2-c2ccccc2)cc1. The molecule has 3 aromatic carbocycles. The average molecular weight is 443 g/mol. The summed E-state index contributed by atoms with van der Waals surface area (Å²) < 4.78 is 2.02. The summed E-state index contributed by atoms with van der Waals surface area (Å²) >= 11 is 1.39. The Labute approximate surface area is 192 Å². The number of rotatable bonds is 8. The third kappa shape index (κ3) is 5.26. The van der Waals surface area contributed by atoms with Crippen LogP contribution in [0.4, 0.5) is 0 Å². The second-order valence-corrected chi connectivity index (χ2v) is 8.52. The highest BCUT2D eigenvalue weighted by molar-refractivity contribution is 7.99. The van der Waals surface area contributed by atoms with Crippen molar-refractivity contribution >= 4 is 17.7 Å². The van der Waals surface area contributed by atoms with Crippen LogP contribution in [-0.4, -0.2) is 26.4 Å². The molecule has 1 amide bonds. The van der Waals surface area contributed by atoms with Gasteiger partial charge in [0.2, 0.25) is 5.91 Å². The Morgan fingerprint density at radius 1 is 0.906 bits per heavy atom. The van der Waals surface area contributed by atoms with Gasteiger partial charge >= 0.3 is 0 Å². The van der Waals surface area contributed by atoms with Crippen molar-refractivity contribution < 1.29 is 4.79 Å². The molecule has 5 nitrogen and oxygen atoms in total. The van der Waals surface area contributed by atoms with Crippen LogP contribution in [-0.2, 0) is 17.8 Å². The number of nitrogens with one attached hydrogen (secondary N) is 1. The van der Waals surface area contributed by atoms with Gasteiger partial charge in [0.15, 0.2) is 11.0 Å². The Kier molecular flexibility index (Phi) is 7.02. The zero-order valence-corrected chi connectivity index (χ0v) is 19.1. The molecule has 0 saturated carbocycles. The summed E-state index contributed by atoms with van der Waals surface area (Å²) in [6.07, 6.45) is 0.983. The van der Waals surface area contributed by atoms with E-state index in [-0.39, 0.29) is 11.7 Å². The lowest BCUT2D eigenvalue weighted by molar-refractivity contribution is -0.118. The number of hydrogen-bond donors (Lipinski definition) is 1. The quantitative estimate of drug-likeness (QED) is 0.380. The van der Waals surface area contributed by atoms with Gasteiger partial charge in [0.05, 0.1) is 5.75 Å². The molecule has 4 aromatic rings. The van der Waals surface area contributed by atoms with Crippen LogP contribution in [0.5, 0.6) is 0 Å². The Balaban J connectivity index is 1.52. The van der Waals surface area contributed by atoms with Crippen molar-refractivity contribution in [1.82, 2.24) is 20.1 Å². The van der Waals surface area contributed by atoms with E-state index in [1.54, 1.807) is 0 Å². The highest BCUT2D eigenvalue weighted by Crippen LogP contribution is 2.28. The summed E-state index contributed by atoms with van der Waals surface area (Å²) in [4.78, 5) is 12.5. The number of aromatic nitrogens is 3.